The minimum atomic E-state index is -1.27. The Morgan fingerprint density at radius 2 is 1.80 bits per heavy atom. The van der Waals surface area contributed by atoms with Crippen molar-refractivity contribution in [1.82, 2.24) is 20.1 Å². The van der Waals surface area contributed by atoms with Crippen LogP contribution in [0.25, 0.3) is 16.9 Å². The van der Waals surface area contributed by atoms with Gasteiger partial charge in [-0.3, -0.25) is 4.79 Å². The van der Waals surface area contributed by atoms with E-state index in [1.807, 2.05) is 18.2 Å². The van der Waals surface area contributed by atoms with Crippen molar-refractivity contribution >= 4 is 40.7 Å². The summed E-state index contributed by atoms with van der Waals surface area (Å²) in [6.45, 7) is -0.110. The second-order valence-electron chi connectivity index (χ2n) is 7.49. The number of nitrogens with zero attached hydrogens (tertiary/aromatic N) is 3. The number of carbonyl (C=O) groups excluding carboxylic acids is 1. The Morgan fingerprint density at radius 3 is 2.54 bits per heavy atom. The number of rotatable bonds is 8. The fourth-order valence-electron chi connectivity index (χ4n) is 3.40. The number of aromatic nitrogens is 3. The molecule has 6 N–H and O–H groups in total. The maximum atomic E-state index is 12.4. The first-order chi connectivity index (χ1) is 16.9. The molecule has 0 saturated heterocycles. The third-order valence-electron chi connectivity index (χ3n) is 5.06. The van der Waals surface area contributed by atoms with Crippen LogP contribution in [0.3, 0.4) is 0 Å². The first-order valence-corrected chi connectivity index (χ1v) is 11.3. The van der Waals surface area contributed by atoms with E-state index in [0.29, 0.717) is 44.2 Å². The minimum absolute atomic E-state index is 0.0887. The fourth-order valence-corrected chi connectivity index (χ4v) is 3.83. The number of halogens is 2. The van der Waals surface area contributed by atoms with Crippen LogP contribution in [0.2, 0.25) is 10.0 Å². The van der Waals surface area contributed by atoms with Crippen LogP contribution in [0.15, 0.2) is 66.7 Å². The predicted octanol–water partition coefficient (Wildman–Crippen LogP) is 3.65. The summed E-state index contributed by atoms with van der Waals surface area (Å²) >= 11 is 12.7. The van der Waals surface area contributed by atoms with E-state index >= 15 is 0 Å². The number of hydrogen-bond acceptors (Lipinski definition) is 7. The molecular weight excluding hydrogens is 491 g/mol. The van der Waals surface area contributed by atoms with Crippen molar-refractivity contribution in [2.75, 3.05) is 24.2 Å². The lowest BCUT2D eigenvalue weighted by Crippen LogP contribution is -2.26. The number of nitrogens with two attached hydrogens (primary N) is 1. The lowest BCUT2D eigenvalue weighted by atomic mass is 10.1. The highest BCUT2D eigenvalue weighted by molar-refractivity contribution is 6.33. The lowest BCUT2D eigenvalue weighted by molar-refractivity contribution is 0.0939. The number of carbonyl (C=O) groups is 1. The highest BCUT2D eigenvalue weighted by atomic mass is 35.5. The molecule has 0 fully saturated rings. The van der Waals surface area contributed by atoms with E-state index < -0.39 is 12.1 Å². The molecule has 2 aromatic carbocycles. The van der Waals surface area contributed by atoms with E-state index in [0.717, 1.165) is 0 Å². The van der Waals surface area contributed by atoms with E-state index in [1.165, 1.54) is 10.7 Å². The van der Waals surface area contributed by atoms with Crippen molar-refractivity contribution in [2.24, 2.45) is 0 Å². The molecule has 1 unspecified atom stereocenters. The number of anilines is 2. The first kappa shape index (κ1) is 24.5. The van der Waals surface area contributed by atoms with Gasteiger partial charge in [-0.25, -0.2) is 9.67 Å². The highest BCUT2D eigenvalue weighted by Gasteiger charge is 2.20. The van der Waals surface area contributed by atoms with Crippen LogP contribution in [0, 0.1) is 0 Å². The molecule has 0 aliphatic rings. The molecule has 1 atom stereocenters. The van der Waals surface area contributed by atoms with Crippen LogP contribution < -0.4 is 16.4 Å². The number of hydrogen-bond donors (Lipinski definition) is 5. The number of benzene rings is 2. The van der Waals surface area contributed by atoms with Crippen molar-refractivity contribution in [3.63, 3.8) is 0 Å². The van der Waals surface area contributed by atoms with E-state index in [9.17, 15) is 9.90 Å². The number of nitrogen functional groups attached to an aromatic ring is 1. The van der Waals surface area contributed by atoms with E-state index in [2.05, 4.69) is 20.7 Å². The third kappa shape index (κ3) is 5.55. The van der Waals surface area contributed by atoms with Gasteiger partial charge in [-0.1, -0.05) is 47.5 Å². The molecule has 0 aliphatic carbocycles. The average Bonchev–Trinajstić information content (AvgIpc) is 3.28. The van der Waals surface area contributed by atoms with Gasteiger partial charge < -0.3 is 26.6 Å². The largest absolute Gasteiger partial charge is 0.395 e. The Kier molecular flexibility index (Phi) is 7.52. The summed E-state index contributed by atoms with van der Waals surface area (Å²) in [6, 6.07) is 18.9. The van der Waals surface area contributed by atoms with Gasteiger partial charge in [0.1, 0.15) is 11.6 Å². The molecule has 1 amide bonds. The number of pyridine rings is 1. The molecule has 0 bridgehead atoms. The Balaban J connectivity index is 1.69. The molecule has 9 nitrogen and oxygen atoms in total. The zero-order valence-electron chi connectivity index (χ0n) is 18.3. The van der Waals surface area contributed by atoms with Crippen molar-refractivity contribution in [2.45, 2.75) is 6.23 Å². The number of aliphatic hydroxyl groups is 2. The van der Waals surface area contributed by atoms with E-state index in [4.69, 9.17) is 34.0 Å². The predicted molar refractivity (Wildman–Crippen MR) is 136 cm³/mol. The number of nitrogens with one attached hydrogen (secondary N) is 2. The molecule has 4 aromatic rings. The molecular formula is C24H22Cl2N6O3. The molecule has 0 spiro atoms. The third-order valence-corrected chi connectivity index (χ3v) is 5.71. The zero-order chi connectivity index (χ0) is 24.9. The highest BCUT2D eigenvalue weighted by Crippen LogP contribution is 2.33. The lowest BCUT2D eigenvalue weighted by Gasteiger charge is -2.18. The van der Waals surface area contributed by atoms with Crippen molar-refractivity contribution in [1.29, 1.82) is 0 Å². The normalized spacial score (nSPS) is 11.8. The van der Waals surface area contributed by atoms with Gasteiger partial charge in [0.25, 0.3) is 5.91 Å². The molecule has 0 aliphatic heterocycles. The van der Waals surface area contributed by atoms with Gasteiger partial charge in [-0.05, 0) is 36.4 Å². The van der Waals surface area contributed by atoms with Crippen molar-refractivity contribution in [3.8, 4) is 16.9 Å². The minimum Gasteiger partial charge on any atom is -0.395 e. The van der Waals surface area contributed by atoms with Crippen LogP contribution in [0.1, 0.15) is 22.3 Å². The van der Waals surface area contributed by atoms with Crippen LogP contribution >= 0.6 is 23.2 Å². The summed E-state index contributed by atoms with van der Waals surface area (Å²) in [7, 11) is 0. The molecule has 2 aromatic heterocycles. The SMILES string of the molecule is Nc1ccc(Cl)c(-c2ccc(Cl)c(C(O)Nc3cc(C(=O)NCCO)nn3-c3ccccc3)c2)n1. The summed E-state index contributed by atoms with van der Waals surface area (Å²) in [5.41, 5.74) is 8.00. The van der Waals surface area contributed by atoms with Crippen molar-refractivity contribution < 1.29 is 15.0 Å². The summed E-state index contributed by atoms with van der Waals surface area (Å²) in [5.74, 6) is 0.187. The van der Waals surface area contributed by atoms with Crippen LogP contribution in [-0.2, 0) is 0 Å². The summed E-state index contributed by atoms with van der Waals surface area (Å²) in [5, 5.41) is 30.7. The Labute approximate surface area is 211 Å². The second kappa shape index (κ2) is 10.7. The molecule has 180 valence electrons. The summed E-state index contributed by atoms with van der Waals surface area (Å²) in [4.78, 5) is 16.7. The summed E-state index contributed by atoms with van der Waals surface area (Å²) < 4.78 is 1.49. The monoisotopic (exact) mass is 512 g/mol. The van der Waals surface area contributed by atoms with Gasteiger partial charge in [-0.2, -0.15) is 5.10 Å². The fraction of sp³-hybridized carbons (Fsp3) is 0.125. The van der Waals surface area contributed by atoms with Gasteiger partial charge in [0.15, 0.2) is 11.9 Å². The van der Waals surface area contributed by atoms with E-state index in [-0.39, 0.29) is 18.8 Å². The number of para-hydroxylation sites is 1. The first-order valence-electron chi connectivity index (χ1n) is 10.6. The quantitative estimate of drug-likeness (QED) is 0.227. The topological polar surface area (TPSA) is 138 Å². The molecule has 0 radical (unpaired) electrons. The summed E-state index contributed by atoms with van der Waals surface area (Å²) in [6.07, 6.45) is -1.27. The maximum absolute atomic E-state index is 12.4. The molecule has 35 heavy (non-hydrogen) atoms. The standard InChI is InChI=1S/C24H22Cl2N6O3/c25-17-7-6-14(22-18(26)8-9-20(27)29-22)12-16(17)23(34)30-21-13-19(24(35)28-10-11-33)31-32(21)15-4-2-1-3-5-15/h1-9,12-13,23,30,33-34H,10-11H2,(H2,27,29)(H,28,35). The smallest absolute Gasteiger partial charge is 0.271 e. The second-order valence-corrected chi connectivity index (χ2v) is 8.31. The van der Waals surface area contributed by atoms with Crippen LogP contribution in [-0.4, -0.2) is 44.0 Å². The Hall–Kier alpha value is -3.63. The van der Waals surface area contributed by atoms with Crippen LogP contribution in [0.5, 0.6) is 0 Å². The Morgan fingerprint density at radius 1 is 1.06 bits per heavy atom. The Bertz CT molecular complexity index is 1350. The molecule has 11 heteroatoms. The average molecular weight is 513 g/mol. The van der Waals surface area contributed by atoms with E-state index in [1.54, 1.807) is 42.5 Å². The molecule has 0 saturated carbocycles. The molecule has 2 heterocycles. The van der Waals surface area contributed by atoms with Crippen molar-refractivity contribution in [3.05, 3.63) is 88.0 Å². The van der Waals surface area contributed by atoms with Gasteiger partial charge in [0.2, 0.25) is 0 Å². The van der Waals surface area contributed by atoms with Gasteiger partial charge in [0.05, 0.1) is 23.0 Å². The zero-order valence-corrected chi connectivity index (χ0v) is 19.8. The number of aliphatic hydroxyl groups excluding tert-OH is 2. The number of amides is 1. The van der Waals surface area contributed by atoms with Crippen LogP contribution in [0.4, 0.5) is 11.6 Å². The van der Waals surface area contributed by atoms with Gasteiger partial charge in [0, 0.05) is 28.8 Å². The maximum Gasteiger partial charge on any atom is 0.271 e. The molecule has 4 rings (SSSR count). The van der Waals surface area contributed by atoms with Gasteiger partial charge in [-0.15, -0.1) is 0 Å². The van der Waals surface area contributed by atoms with Gasteiger partial charge >= 0.3 is 0 Å².